The lowest BCUT2D eigenvalue weighted by atomic mass is 10.1. The molecule has 0 unspecified atom stereocenters. The van der Waals surface area contributed by atoms with Crippen molar-refractivity contribution in [2.45, 2.75) is 53.8 Å². The van der Waals surface area contributed by atoms with Crippen LogP contribution in [0, 0.1) is 20.8 Å². The quantitative estimate of drug-likeness (QED) is 0.861. The molecule has 0 saturated carbocycles. The summed E-state index contributed by atoms with van der Waals surface area (Å²) >= 11 is 0. The van der Waals surface area contributed by atoms with Gasteiger partial charge in [-0.2, -0.15) is 0 Å². The molecule has 0 amide bonds. The predicted molar refractivity (Wildman–Crippen MR) is 85.7 cm³/mol. The van der Waals surface area contributed by atoms with E-state index in [1.807, 2.05) is 6.92 Å². The molecule has 0 aliphatic heterocycles. The Morgan fingerprint density at radius 3 is 2.62 bits per heavy atom. The summed E-state index contributed by atoms with van der Waals surface area (Å²) in [4.78, 5) is 0. The van der Waals surface area contributed by atoms with Crippen LogP contribution in [0.3, 0.4) is 0 Å². The molecule has 0 aliphatic carbocycles. The molecule has 114 valence electrons. The van der Waals surface area contributed by atoms with E-state index in [-0.39, 0.29) is 0 Å². The van der Waals surface area contributed by atoms with Crippen LogP contribution in [0.1, 0.15) is 42.1 Å². The van der Waals surface area contributed by atoms with Crippen LogP contribution in [0.5, 0.6) is 5.75 Å². The summed E-state index contributed by atoms with van der Waals surface area (Å²) in [7, 11) is 0. The molecule has 0 atom stereocenters. The number of rotatable bonds is 6. The van der Waals surface area contributed by atoms with Gasteiger partial charge < -0.3 is 14.5 Å². The molecule has 1 aromatic heterocycles. The average Bonchev–Trinajstić information content (AvgIpc) is 2.78. The maximum absolute atomic E-state index is 5.94. The lowest BCUT2D eigenvalue weighted by Crippen LogP contribution is -2.21. The third-order valence-electron chi connectivity index (χ3n) is 3.48. The van der Waals surface area contributed by atoms with E-state index in [9.17, 15) is 0 Å². The van der Waals surface area contributed by atoms with Gasteiger partial charge in [-0.05, 0) is 44.0 Å². The van der Waals surface area contributed by atoms with Crippen molar-refractivity contribution in [3.05, 3.63) is 52.5 Å². The average molecular weight is 287 g/mol. The second kappa shape index (κ2) is 6.81. The third-order valence-corrected chi connectivity index (χ3v) is 3.48. The van der Waals surface area contributed by atoms with Crippen LogP contribution in [0.15, 0.2) is 28.7 Å². The number of hydrogen-bond acceptors (Lipinski definition) is 3. The summed E-state index contributed by atoms with van der Waals surface area (Å²) < 4.78 is 11.7. The highest BCUT2D eigenvalue weighted by atomic mass is 16.5. The van der Waals surface area contributed by atoms with E-state index in [0.29, 0.717) is 12.6 Å². The maximum atomic E-state index is 5.94. The fourth-order valence-corrected chi connectivity index (χ4v) is 2.14. The molecule has 0 aliphatic rings. The van der Waals surface area contributed by atoms with E-state index in [2.05, 4.69) is 57.3 Å². The van der Waals surface area contributed by atoms with Gasteiger partial charge in [-0.1, -0.05) is 26.0 Å². The SMILES string of the molecule is Cc1ccc(C)c(OCc2cc(CNC(C)C)oc2C)c1. The lowest BCUT2D eigenvalue weighted by Gasteiger charge is -2.09. The molecule has 0 bridgehead atoms. The Morgan fingerprint density at radius 1 is 1.14 bits per heavy atom. The molecular weight excluding hydrogens is 262 g/mol. The molecule has 1 heterocycles. The van der Waals surface area contributed by atoms with Gasteiger partial charge in [-0.15, -0.1) is 0 Å². The van der Waals surface area contributed by atoms with Crippen LogP contribution in [0.25, 0.3) is 0 Å². The van der Waals surface area contributed by atoms with Crippen LogP contribution in [-0.4, -0.2) is 6.04 Å². The first-order valence-electron chi connectivity index (χ1n) is 7.47. The van der Waals surface area contributed by atoms with E-state index in [1.54, 1.807) is 0 Å². The van der Waals surface area contributed by atoms with Gasteiger partial charge in [0.2, 0.25) is 0 Å². The molecule has 2 aromatic rings. The minimum atomic E-state index is 0.449. The van der Waals surface area contributed by atoms with Crippen molar-refractivity contribution in [1.29, 1.82) is 0 Å². The Labute approximate surface area is 127 Å². The first kappa shape index (κ1) is 15.6. The number of nitrogens with one attached hydrogen (secondary N) is 1. The number of furan rings is 1. The Hall–Kier alpha value is -1.74. The van der Waals surface area contributed by atoms with Crippen molar-refractivity contribution >= 4 is 0 Å². The summed E-state index contributed by atoms with van der Waals surface area (Å²) in [5.41, 5.74) is 3.47. The number of hydrogen-bond donors (Lipinski definition) is 1. The highest BCUT2D eigenvalue weighted by Crippen LogP contribution is 2.22. The Bertz CT molecular complexity index is 599. The lowest BCUT2D eigenvalue weighted by molar-refractivity contribution is 0.300. The van der Waals surface area contributed by atoms with Gasteiger partial charge in [0, 0.05) is 11.6 Å². The van der Waals surface area contributed by atoms with Crippen LogP contribution in [0.4, 0.5) is 0 Å². The summed E-state index contributed by atoms with van der Waals surface area (Å²) in [5, 5.41) is 3.36. The molecule has 0 radical (unpaired) electrons. The van der Waals surface area contributed by atoms with Crippen molar-refractivity contribution in [2.75, 3.05) is 0 Å². The van der Waals surface area contributed by atoms with Crippen molar-refractivity contribution in [3.63, 3.8) is 0 Å². The molecular formula is C18H25NO2. The third kappa shape index (κ3) is 4.36. The van der Waals surface area contributed by atoms with E-state index < -0.39 is 0 Å². The zero-order valence-electron chi connectivity index (χ0n) is 13.6. The normalized spacial score (nSPS) is 11.1. The van der Waals surface area contributed by atoms with Crippen molar-refractivity contribution in [2.24, 2.45) is 0 Å². The zero-order valence-corrected chi connectivity index (χ0v) is 13.6. The summed E-state index contributed by atoms with van der Waals surface area (Å²) in [6, 6.07) is 8.79. The zero-order chi connectivity index (χ0) is 15.4. The van der Waals surface area contributed by atoms with Crippen LogP contribution >= 0.6 is 0 Å². The standard InChI is InChI=1S/C18H25NO2/c1-12(2)19-10-17-9-16(15(5)21-17)11-20-18-8-13(3)6-7-14(18)4/h6-9,12,19H,10-11H2,1-5H3. The number of benzene rings is 1. The fraction of sp³-hybridized carbons (Fsp3) is 0.444. The van der Waals surface area contributed by atoms with Gasteiger partial charge in [0.05, 0.1) is 6.54 Å². The second-order valence-electron chi connectivity index (χ2n) is 5.89. The van der Waals surface area contributed by atoms with E-state index >= 15 is 0 Å². The van der Waals surface area contributed by atoms with Gasteiger partial charge in [-0.3, -0.25) is 0 Å². The second-order valence-corrected chi connectivity index (χ2v) is 5.89. The van der Waals surface area contributed by atoms with E-state index in [1.165, 1.54) is 5.56 Å². The first-order valence-corrected chi connectivity index (χ1v) is 7.47. The maximum Gasteiger partial charge on any atom is 0.122 e. The molecule has 3 nitrogen and oxygen atoms in total. The van der Waals surface area contributed by atoms with Crippen LogP contribution in [-0.2, 0) is 13.2 Å². The Balaban J connectivity index is 2.01. The molecule has 1 aromatic carbocycles. The highest BCUT2D eigenvalue weighted by Gasteiger charge is 2.09. The first-order chi connectivity index (χ1) is 9.95. The largest absolute Gasteiger partial charge is 0.488 e. The molecule has 1 N–H and O–H groups in total. The monoisotopic (exact) mass is 287 g/mol. The summed E-state index contributed by atoms with van der Waals surface area (Å²) in [6.07, 6.45) is 0. The Morgan fingerprint density at radius 2 is 1.90 bits per heavy atom. The van der Waals surface area contributed by atoms with Crippen molar-refractivity contribution < 1.29 is 9.15 Å². The molecule has 21 heavy (non-hydrogen) atoms. The van der Waals surface area contributed by atoms with Gasteiger partial charge in [0.25, 0.3) is 0 Å². The number of aryl methyl sites for hydroxylation is 3. The summed E-state index contributed by atoms with van der Waals surface area (Å²) in [5.74, 6) is 2.83. The smallest absolute Gasteiger partial charge is 0.122 e. The van der Waals surface area contributed by atoms with Gasteiger partial charge in [-0.25, -0.2) is 0 Å². The van der Waals surface area contributed by atoms with Crippen molar-refractivity contribution in [1.82, 2.24) is 5.32 Å². The molecule has 0 spiro atoms. The Kier molecular flexibility index (Phi) is 5.07. The number of ether oxygens (including phenoxy) is 1. The van der Waals surface area contributed by atoms with Gasteiger partial charge >= 0.3 is 0 Å². The van der Waals surface area contributed by atoms with Crippen LogP contribution in [0.2, 0.25) is 0 Å². The van der Waals surface area contributed by atoms with Gasteiger partial charge in [0.15, 0.2) is 0 Å². The van der Waals surface area contributed by atoms with Crippen molar-refractivity contribution in [3.8, 4) is 5.75 Å². The molecule has 0 saturated heterocycles. The predicted octanol–water partition coefficient (Wildman–Crippen LogP) is 4.28. The van der Waals surface area contributed by atoms with Crippen LogP contribution < -0.4 is 10.1 Å². The molecule has 2 rings (SSSR count). The van der Waals surface area contributed by atoms with E-state index in [4.69, 9.17) is 9.15 Å². The van der Waals surface area contributed by atoms with Gasteiger partial charge in [0.1, 0.15) is 23.9 Å². The fourth-order valence-electron chi connectivity index (χ4n) is 2.14. The molecule has 3 heteroatoms. The van der Waals surface area contributed by atoms with E-state index in [0.717, 1.165) is 34.9 Å². The molecule has 0 fully saturated rings. The minimum Gasteiger partial charge on any atom is -0.488 e. The summed E-state index contributed by atoms with van der Waals surface area (Å²) in [6.45, 7) is 11.7. The minimum absolute atomic E-state index is 0.449. The highest BCUT2D eigenvalue weighted by molar-refractivity contribution is 5.36. The topological polar surface area (TPSA) is 34.4 Å².